The number of β-lactam (4-membered cyclic amide) rings is 1. The number of carboxylic acid groups (broad SMARTS) is 1. The molecule has 2 aliphatic rings. The Morgan fingerprint density at radius 2 is 1.96 bits per heavy atom. The van der Waals surface area contributed by atoms with Crippen molar-refractivity contribution >= 4 is 43.0 Å². The van der Waals surface area contributed by atoms with E-state index in [2.05, 4.69) is 0 Å². The predicted molar refractivity (Wildman–Crippen MR) is 86.2 cm³/mol. The van der Waals surface area contributed by atoms with Crippen LogP contribution in [0.5, 0.6) is 0 Å². The van der Waals surface area contributed by atoms with Gasteiger partial charge in [-0.15, -0.1) is 0 Å². The molecule has 9 heteroatoms. The minimum atomic E-state index is -1.91. The summed E-state index contributed by atoms with van der Waals surface area (Å²) in [4.78, 5) is 47.9. The van der Waals surface area contributed by atoms with Crippen molar-refractivity contribution in [2.24, 2.45) is 11.8 Å². The van der Waals surface area contributed by atoms with Crippen molar-refractivity contribution in [1.29, 1.82) is 0 Å². The molecule has 0 bridgehead atoms. The van der Waals surface area contributed by atoms with Crippen LogP contribution in [0.2, 0.25) is 19.6 Å². The number of carbonyl (C=O) groups is 4. The summed E-state index contributed by atoms with van der Waals surface area (Å²) >= 11 is 1.17. The fourth-order valence-electron chi connectivity index (χ4n) is 3.23. The minimum Gasteiger partial charge on any atom is -0.474 e. The molecule has 7 nitrogen and oxygen atoms in total. The van der Waals surface area contributed by atoms with E-state index in [9.17, 15) is 19.2 Å². The number of rotatable bonds is 4. The fraction of sp³-hybridized carbons (Fsp3) is 0.714. The molecule has 2 fully saturated rings. The molecule has 4 atom stereocenters. The third-order valence-electron chi connectivity index (χ3n) is 4.02. The zero-order valence-corrected chi connectivity index (χ0v) is 15.4. The summed E-state index contributed by atoms with van der Waals surface area (Å²) in [6.07, 6.45) is 0.0940. The lowest BCUT2D eigenvalue weighted by Crippen LogP contribution is -2.70. The zero-order valence-electron chi connectivity index (χ0n) is 13.6. The molecule has 23 heavy (non-hydrogen) atoms. The molecule has 0 aromatic carbocycles. The number of hydrogen-bond acceptors (Lipinski definition) is 6. The summed E-state index contributed by atoms with van der Waals surface area (Å²) in [5, 5.41) is 8.83. The molecule has 0 unspecified atom stereocenters. The first kappa shape index (κ1) is 18.1. The highest BCUT2D eigenvalue weighted by atomic mass is 32.2. The summed E-state index contributed by atoms with van der Waals surface area (Å²) in [5.41, 5.74) is 0. The van der Waals surface area contributed by atoms with Crippen LogP contribution in [0.25, 0.3) is 0 Å². The number of aliphatic carboxylic acids is 1. The maximum Gasteiger partial charge on any atom is 0.395 e. The van der Waals surface area contributed by atoms with Crippen molar-refractivity contribution in [3.05, 3.63) is 0 Å². The summed E-state index contributed by atoms with van der Waals surface area (Å²) in [7, 11) is -1.91. The first-order valence-electron chi connectivity index (χ1n) is 7.49. The van der Waals surface area contributed by atoms with Crippen molar-refractivity contribution in [3.8, 4) is 0 Å². The first-order chi connectivity index (χ1) is 10.5. The van der Waals surface area contributed by atoms with Gasteiger partial charge in [0.15, 0.2) is 13.4 Å². The van der Waals surface area contributed by atoms with Crippen LogP contribution in [-0.4, -0.2) is 59.1 Å². The predicted octanol–water partition coefficient (Wildman–Crippen LogP) is 0.944. The Bertz CT molecular complexity index is 560. The van der Waals surface area contributed by atoms with Gasteiger partial charge in [-0.2, -0.15) is 0 Å². The maximum atomic E-state index is 12.4. The number of nitrogens with zero attached hydrogens (tertiary/aromatic N) is 1. The van der Waals surface area contributed by atoms with Gasteiger partial charge < -0.3 is 9.53 Å². The van der Waals surface area contributed by atoms with Crippen LogP contribution in [0, 0.1) is 11.8 Å². The van der Waals surface area contributed by atoms with E-state index in [1.165, 1.54) is 11.8 Å². The van der Waals surface area contributed by atoms with Gasteiger partial charge in [0.25, 0.3) is 0 Å². The van der Waals surface area contributed by atoms with E-state index in [1.807, 2.05) is 19.6 Å². The SMILES string of the molecule is C[C@@H](O[Si](C)(C)C)[C@H]1C(=O)N(C(=O)C(=O)O)[C@@H]1[C@H]1CCSC1=O. The highest BCUT2D eigenvalue weighted by molar-refractivity contribution is 8.14. The number of likely N-dealkylation sites (tertiary alicyclic amines) is 1. The van der Waals surface area contributed by atoms with E-state index in [0.29, 0.717) is 12.2 Å². The second-order valence-electron chi connectivity index (χ2n) is 6.83. The second-order valence-corrected chi connectivity index (χ2v) is 12.4. The molecule has 0 spiro atoms. The van der Waals surface area contributed by atoms with Gasteiger partial charge in [0, 0.05) is 5.75 Å². The van der Waals surface area contributed by atoms with Gasteiger partial charge in [-0.25, -0.2) is 4.79 Å². The molecule has 2 aliphatic heterocycles. The standard InChI is InChI=1S/C14H21NO6SSi/c1-7(21-23(2,3)4)9-10(8-5-6-22-14(8)20)15(11(9)16)12(17)13(18)19/h7-10H,5-6H2,1-4H3,(H,18,19)/t7-,8-,9-,10-/m1/s1. The minimum absolute atomic E-state index is 0.0871. The molecule has 0 aliphatic carbocycles. The van der Waals surface area contributed by atoms with Crippen molar-refractivity contribution in [2.45, 2.75) is 45.1 Å². The Morgan fingerprint density at radius 1 is 1.35 bits per heavy atom. The number of hydrogen-bond donors (Lipinski definition) is 1. The lowest BCUT2D eigenvalue weighted by Gasteiger charge is -2.50. The Balaban J connectivity index is 2.27. The van der Waals surface area contributed by atoms with Crippen LogP contribution < -0.4 is 0 Å². The average Bonchev–Trinajstić information content (AvgIpc) is 2.79. The third-order valence-corrected chi connectivity index (χ3v) is 6.13. The topological polar surface area (TPSA) is 101 Å². The van der Waals surface area contributed by atoms with Crippen LogP contribution in [-0.2, 0) is 23.6 Å². The van der Waals surface area contributed by atoms with E-state index in [4.69, 9.17) is 9.53 Å². The number of carboxylic acids is 1. The largest absolute Gasteiger partial charge is 0.474 e. The molecule has 2 amide bonds. The zero-order chi connectivity index (χ0) is 17.5. The highest BCUT2D eigenvalue weighted by Crippen LogP contribution is 2.42. The monoisotopic (exact) mass is 359 g/mol. The quantitative estimate of drug-likeness (QED) is 0.453. The number of imide groups is 1. The summed E-state index contributed by atoms with van der Waals surface area (Å²) in [5.74, 6) is -4.02. The van der Waals surface area contributed by atoms with Crippen LogP contribution in [0.3, 0.4) is 0 Å². The first-order valence-corrected chi connectivity index (χ1v) is 11.9. The molecular formula is C14H21NO6SSi. The van der Waals surface area contributed by atoms with E-state index < -0.39 is 50.1 Å². The van der Waals surface area contributed by atoms with E-state index >= 15 is 0 Å². The molecule has 2 rings (SSSR count). The summed E-state index contributed by atoms with van der Waals surface area (Å²) in [6, 6.07) is -0.708. The molecule has 0 aromatic heterocycles. The Labute approximate surface area is 139 Å². The molecule has 2 heterocycles. The van der Waals surface area contributed by atoms with Crippen LogP contribution in [0.15, 0.2) is 0 Å². The van der Waals surface area contributed by atoms with Gasteiger partial charge >= 0.3 is 11.9 Å². The second kappa shape index (κ2) is 6.37. The van der Waals surface area contributed by atoms with Crippen molar-refractivity contribution in [3.63, 3.8) is 0 Å². The molecule has 2 saturated heterocycles. The smallest absolute Gasteiger partial charge is 0.395 e. The van der Waals surface area contributed by atoms with Gasteiger partial charge in [-0.05, 0) is 33.0 Å². The molecule has 0 saturated carbocycles. The van der Waals surface area contributed by atoms with Gasteiger partial charge in [0.05, 0.1) is 24.0 Å². The number of amides is 2. The molecule has 0 radical (unpaired) electrons. The van der Waals surface area contributed by atoms with Gasteiger partial charge in [-0.1, -0.05) is 11.8 Å². The third kappa shape index (κ3) is 3.51. The maximum absolute atomic E-state index is 12.4. The lowest BCUT2D eigenvalue weighted by molar-refractivity contribution is -0.181. The fourth-order valence-corrected chi connectivity index (χ4v) is 5.54. The van der Waals surface area contributed by atoms with Gasteiger partial charge in [-0.3, -0.25) is 19.3 Å². The van der Waals surface area contributed by atoms with Gasteiger partial charge in [0.2, 0.25) is 5.91 Å². The van der Waals surface area contributed by atoms with E-state index in [-0.39, 0.29) is 5.12 Å². The number of thioether (sulfide) groups is 1. The van der Waals surface area contributed by atoms with Crippen LogP contribution in [0.1, 0.15) is 13.3 Å². The van der Waals surface area contributed by atoms with Gasteiger partial charge in [0.1, 0.15) is 0 Å². The molecule has 0 aromatic rings. The van der Waals surface area contributed by atoms with Crippen molar-refractivity contribution in [1.82, 2.24) is 4.90 Å². The van der Waals surface area contributed by atoms with Crippen molar-refractivity contribution < 1.29 is 28.7 Å². The summed E-state index contributed by atoms with van der Waals surface area (Å²) < 4.78 is 5.94. The molecule has 1 N–H and O–H groups in total. The Hall–Kier alpha value is -1.19. The van der Waals surface area contributed by atoms with Crippen LogP contribution in [0.4, 0.5) is 0 Å². The highest BCUT2D eigenvalue weighted by Gasteiger charge is 2.59. The average molecular weight is 359 g/mol. The van der Waals surface area contributed by atoms with E-state index in [1.54, 1.807) is 6.92 Å². The number of carbonyl (C=O) groups excluding carboxylic acids is 3. The Kier molecular flexibility index (Phi) is 5.02. The van der Waals surface area contributed by atoms with E-state index in [0.717, 1.165) is 4.90 Å². The molecule has 128 valence electrons. The lowest BCUT2D eigenvalue weighted by atomic mass is 9.75. The Morgan fingerprint density at radius 3 is 2.39 bits per heavy atom. The molecular weight excluding hydrogens is 338 g/mol. The normalized spacial score (nSPS) is 29.4. The van der Waals surface area contributed by atoms with Crippen molar-refractivity contribution in [2.75, 3.05) is 5.75 Å². The summed E-state index contributed by atoms with van der Waals surface area (Å²) in [6.45, 7) is 7.71. The van der Waals surface area contributed by atoms with Crippen LogP contribution >= 0.6 is 11.8 Å².